The highest BCUT2D eigenvalue weighted by Gasteiger charge is 2.56. The van der Waals surface area contributed by atoms with E-state index < -0.39 is 5.66 Å². The highest BCUT2D eigenvalue weighted by molar-refractivity contribution is 6.02. The van der Waals surface area contributed by atoms with Crippen molar-refractivity contribution in [1.29, 1.82) is 0 Å². The molecule has 2 N–H and O–H groups in total. The van der Waals surface area contributed by atoms with Gasteiger partial charge in [-0.3, -0.25) is 9.59 Å². The van der Waals surface area contributed by atoms with Crippen molar-refractivity contribution in [3.05, 3.63) is 59.7 Å². The van der Waals surface area contributed by atoms with Crippen LogP contribution in [0.25, 0.3) is 0 Å². The summed E-state index contributed by atoms with van der Waals surface area (Å²) in [6.45, 7) is 1.78. The average molecular weight is 448 g/mol. The highest BCUT2D eigenvalue weighted by atomic mass is 16.5. The van der Waals surface area contributed by atoms with Crippen LogP contribution in [-0.2, 0) is 14.9 Å². The Morgan fingerprint density at radius 2 is 1.73 bits per heavy atom. The quantitative estimate of drug-likeness (QED) is 0.756. The summed E-state index contributed by atoms with van der Waals surface area (Å²) in [6, 6.07) is 15.5. The standard InChI is InChI=1S/C26H29N3O4/c1-32-19-8-6-18(7-9-19)25(10-11-25)23(31)29-14-12-24(13-15-29)16-26(17-33-24)27-21-5-3-2-4-20(21)22(30)28-26/h2-9,27H,10-17H2,1H3,(H,28,30). The van der Waals surface area contributed by atoms with E-state index in [9.17, 15) is 9.59 Å². The minimum absolute atomic E-state index is 0.0622. The number of fused-ring (bicyclic) bond motifs is 1. The molecule has 2 saturated heterocycles. The third-order valence-corrected chi connectivity index (χ3v) is 7.91. The summed E-state index contributed by atoms with van der Waals surface area (Å²) >= 11 is 0. The fourth-order valence-corrected chi connectivity index (χ4v) is 5.85. The van der Waals surface area contributed by atoms with Gasteiger partial charge in [-0.1, -0.05) is 24.3 Å². The van der Waals surface area contributed by atoms with Gasteiger partial charge in [-0.05, 0) is 55.5 Å². The largest absolute Gasteiger partial charge is 0.497 e. The van der Waals surface area contributed by atoms with Crippen LogP contribution in [0.5, 0.6) is 5.75 Å². The Morgan fingerprint density at radius 3 is 2.42 bits per heavy atom. The fourth-order valence-electron chi connectivity index (χ4n) is 5.85. The number of hydrogen-bond donors (Lipinski definition) is 2. The van der Waals surface area contributed by atoms with Crippen molar-refractivity contribution in [2.45, 2.75) is 48.8 Å². The summed E-state index contributed by atoms with van der Waals surface area (Å²) in [5.41, 5.74) is 1.32. The van der Waals surface area contributed by atoms with Crippen LogP contribution in [0.15, 0.2) is 48.5 Å². The zero-order valence-electron chi connectivity index (χ0n) is 18.9. The van der Waals surface area contributed by atoms with E-state index in [4.69, 9.17) is 9.47 Å². The monoisotopic (exact) mass is 447 g/mol. The number of ether oxygens (including phenoxy) is 2. The number of nitrogens with zero attached hydrogens (tertiary/aromatic N) is 1. The fraction of sp³-hybridized carbons (Fsp3) is 0.462. The summed E-state index contributed by atoms with van der Waals surface area (Å²) in [7, 11) is 1.65. The topological polar surface area (TPSA) is 79.9 Å². The van der Waals surface area contributed by atoms with Crippen LogP contribution in [0.3, 0.4) is 0 Å². The molecular weight excluding hydrogens is 418 g/mol. The van der Waals surface area contributed by atoms with Crippen molar-refractivity contribution < 1.29 is 19.1 Å². The summed E-state index contributed by atoms with van der Waals surface area (Å²) in [4.78, 5) is 28.2. The average Bonchev–Trinajstić information content (AvgIpc) is 3.59. The molecule has 4 aliphatic rings. The molecule has 0 aromatic heterocycles. The number of piperidine rings is 1. The summed E-state index contributed by atoms with van der Waals surface area (Å²) in [5.74, 6) is 0.973. The maximum Gasteiger partial charge on any atom is 0.255 e. The summed E-state index contributed by atoms with van der Waals surface area (Å²) in [5, 5.41) is 6.68. The molecule has 3 fully saturated rings. The Morgan fingerprint density at radius 1 is 1.00 bits per heavy atom. The highest BCUT2D eigenvalue weighted by Crippen LogP contribution is 2.51. The predicted octanol–water partition coefficient (Wildman–Crippen LogP) is 3.06. The Balaban J connectivity index is 1.13. The van der Waals surface area contributed by atoms with E-state index in [1.165, 1.54) is 0 Å². The molecule has 3 aliphatic heterocycles. The molecule has 2 aromatic carbocycles. The Kier molecular flexibility index (Phi) is 4.49. The minimum Gasteiger partial charge on any atom is -0.497 e. The van der Waals surface area contributed by atoms with Gasteiger partial charge in [0, 0.05) is 25.2 Å². The SMILES string of the molecule is COc1ccc(C2(C(=O)N3CCC4(CC3)CC3(CO4)NC(=O)c4ccccc4N3)CC2)cc1. The van der Waals surface area contributed by atoms with Gasteiger partial charge in [0.05, 0.1) is 30.3 Å². The molecule has 2 aromatic rings. The van der Waals surface area contributed by atoms with E-state index in [-0.39, 0.29) is 22.8 Å². The maximum atomic E-state index is 13.5. The molecule has 1 aliphatic carbocycles. The van der Waals surface area contributed by atoms with Gasteiger partial charge in [0.2, 0.25) is 5.91 Å². The maximum absolute atomic E-state index is 13.5. The predicted molar refractivity (Wildman–Crippen MR) is 123 cm³/mol. The van der Waals surface area contributed by atoms with E-state index in [1.807, 2.05) is 53.4 Å². The number of likely N-dealkylation sites (tertiary alicyclic amines) is 1. The smallest absolute Gasteiger partial charge is 0.255 e. The van der Waals surface area contributed by atoms with Crippen molar-refractivity contribution >= 4 is 17.5 Å². The molecular formula is C26H29N3O4. The number of hydrogen-bond acceptors (Lipinski definition) is 5. The zero-order valence-corrected chi connectivity index (χ0v) is 18.9. The van der Waals surface area contributed by atoms with E-state index in [0.717, 1.165) is 42.7 Å². The Bertz CT molecular complexity index is 1100. The first-order chi connectivity index (χ1) is 16.0. The number of anilines is 1. The lowest BCUT2D eigenvalue weighted by atomic mass is 9.83. The third-order valence-electron chi connectivity index (χ3n) is 7.91. The molecule has 3 heterocycles. The molecule has 1 saturated carbocycles. The molecule has 2 spiro atoms. The number of benzene rings is 2. The first-order valence-electron chi connectivity index (χ1n) is 11.7. The third kappa shape index (κ3) is 3.29. The van der Waals surface area contributed by atoms with Gasteiger partial charge in [0.25, 0.3) is 5.91 Å². The first-order valence-corrected chi connectivity index (χ1v) is 11.7. The van der Waals surface area contributed by atoms with Crippen LogP contribution in [0.1, 0.15) is 48.0 Å². The summed E-state index contributed by atoms with van der Waals surface area (Å²) in [6.07, 6.45) is 4.05. The van der Waals surface area contributed by atoms with Crippen LogP contribution in [-0.4, -0.2) is 54.8 Å². The van der Waals surface area contributed by atoms with Crippen molar-refractivity contribution in [3.63, 3.8) is 0 Å². The molecule has 1 atom stereocenters. The molecule has 6 rings (SSSR count). The molecule has 172 valence electrons. The van der Waals surface area contributed by atoms with E-state index in [2.05, 4.69) is 10.6 Å². The second-order valence-corrected chi connectivity index (χ2v) is 9.96. The number of nitrogens with one attached hydrogen (secondary N) is 2. The minimum atomic E-state index is -0.585. The van der Waals surface area contributed by atoms with Crippen LogP contribution in [0.4, 0.5) is 5.69 Å². The lowest BCUT2D eigenvalue weighted by molar-refractivity contribution is -0.138. The molecule has 1 unspecified atom stereocenters. The number of rotatable bonds is 3. The van der Waals surface area contributed by atoms with E-state index in [0.29, 0.717) is 31.7 Å². The first kappa shape index (κ1) is 20.5. The normalized spacial score (nSPS) is 26.5. The van der Waals surface area contributed by atoms with Crippen LogP contribution >= 0.6 is 0 Å². The second-order valence-electron chi connectivity index (χ2n) is 9.96. The molecule has 7 heteroatoms. The van der Waals surface area contributed by atoms with Crippen molar-refractivity contribution in [3.8, 4) is 5.75 Å². The van der Waals surface area contributed by atoms with Gasteiger partial charge in [-0.2, -0.15) is 0 Å². The van der Waals surface area contributed by atoms with Crippen molar-refractivity contribution in [2.75, 3.05) is 32.1 Å². The van der Waals surface area contributed by atoms with Crippen LogP contribution in [0, 0.1) is 0 Å². The number of amides is 2. The van der Waals surface area contributed by atoms with E-state index >= 15 is 0 Å². The van der Waals surface area contributed by atoms with Crippen LogP contribution < -0.4 is 15.4 Å². The molecule has 0 bridgehead atoms. The van der Waals surface area contributed by atoms with Crippen LogP contribution in [0.2, 0.25) is 0 Å². The lowest BCUT2D eigenvalue weighted by Crippen LogP contribution is -2.59. The van der Waals surface area contributed by atoms with Crippen molar-refractivity contribution in [2.24, 2.45) is 0 Å². The summed E-state index contributed by atoms with van der Waals surface area (Å²) < 4.78 is 11.6. The van der Waals surface area contributed by atoms with Gasteiger partial charge in [0.1, 0.15) is 11.4 Å². The molecule has 7 nitrogen and oxygen atoms in total. The second kappa shape index (κ2) is 7.22. The Hall–Kier alpha value is -3.06. The number of para-hydroxylation sites is 1. The van der Waals surface area contributed by atoms with Gasteiger partial charge in [-0.25, -0.2) is 0 Å². The number of carbonyl (C=O) groups excluding carboxylic acids is 2. The number of carbonyl (C=O) groups is 2. The van der Waals surface area contributed by atoms with Gasteiger partial charge < -0.3 is 25.0 Å². The molecule has 2 amide bonds. The van der Waals surface area contributed by atoms with E-state index in [1.54, 1.807) is 7.11 Å². The van der Waals surface area contributed by atoms with Crippen molar-refractivity contribution in [1.82, 2.24) is 10.2 Å². The molecule has 0 radical (unpaired) electrons. The lowest BCUT2D eigenvalue weighted by Gasteiger charge is -2.41. The van der Waals surface area contributed by atoms with Gasteiger partial charge in [-0.15, -0.1) is 0 Å². The van der Waals surface area contributed by atoms with Gasteiger partial charge in [0.15, 0.2) is 0 Å². The number of methoxy groups -OCH3 is 1. The Labute approximate surface area is 193 Å². The molecule has 33 heavy (non-hydrogen) atoms. The van der Waals surface area contributed by atoms with Gasteiger partial charge >= 0.3 is 0 Å². The zero-order chi connectivity index (χ0) is 22.7.